The number of hydrogen-bond donors (Lipinski definition) is 1. The molecule has 0 saturated heterocycles. The Balaban J connectivity index is 4.78. The van der Waals surface area contributed by atoms with E-state index in [-0.39, 0.29) is 13.2 Å². The second-order valence-electron chi connectivity index (χ2n) is 2.50. The maximum atomic E-state index is 11.2. The summed E-state index contributed by atoms with van der Waals surface area (Å²) in [5.41, 5.74) is -0.494. The molecule has 0 heterocycles. The van der Waals surface area contributed by atoms with Gasteiger partial charge in [-0.25, -0.2) is 4.79 Å². The van der Waals surface area contributed by atoms with Crippen molar-refractivity contribution in [2.45, 2.75) is 20.8 Å². The average Bonchev–Trinajstić information content (AvgIpc) is 2.14. The van der Waals surface area contributed by atoms with Gasteiger partial charge in [-0.1, -0.05) is 6.92 Å². The summed E-state index contributed by atoms with van der Waals surface area (Å²) in [6.07, 6.45) is 0. The first-order chi connectivity index (χ1) is 7.02. The van der Waals surface area contributed by atoms with Crippen LogP contribution in [-0.4, -0.2) is 25.1 Å². The van der Waals surface area contributed by atoms with Crippen LogP contribution < -0.4 is 10.4 Å². The third kappa shape index (κ3) is 4.90. The number of hydrogen-bond acceptors (Lipinski definition) is 5. The zero-order valence-electron chi connectivity index (χ0n) is 8.96. The standard InChI is InChI=1S/C9H15NO5/c1-4-14-8(12)7(10-6(3)11)9(13)15-5-2/h12H,4-5H2,1-3H3,(H,10,11)/p-1/b8-7+. The van der Waals surface area contributed by atoms with Crippen molar-refractivity contribution < 1.29 is 24.2 Å². The second kappa shape index (κ2) is 6.69. The van der Waals surface area contributed by atoms with Crippen LogP contribution in [0.3, 0.4) is 0 Å². The summed E-state index contributed by atoms with van der Waals surface area (Å²) < 4.78 is 9.16. The lowest BCUT2D eigenvalue weighted by Crippen LogP contribution is -2.31. The summed E-state index contributed by atoms with van der Waals surface area (Å²) in [7, 11) is 0. The molecule has 0 bridgehead atoms. The fourth-order valence-corrected chi connectivity index (χ4v) is 0.768. The first-order valence-electron chi connectivity index (χ1n) is 4.51. The summed E-state index contributed by atoms with van der Waals surface area (Å²) in [6, 6.07) is 0. The molecule has 86 valence electrons. The molecule has 0 aromatic rings. The predicted molar refractivity (Wildman–Crippen MR) is 49.1 cm³/mol. The van der Waals surface area contributed by atoms with Crippen LogP contribution in [0, 0.1) is 0 Å². The molecule has 0 saturated carbocycles. The largest absolute Gasteiger partial charge is 0.612 e. The highest BCUT2D eigenvalue weighted by Crippen LogP contribution is 2.00. The van der Waals surface area contributed by atoms with Crippen LogP contribution in [0.2, 0.25) is 0 Å². The Hall–Kier alpha value is -1.72. The summed E-state index contributed by atoms with van der Waals surface area (Å²) in [6.45, 7) is 4.59. The normalized spacial score (nSPS) is 11.4. The quantitative estimate of drug-likeness (QED) is 0.371. The lowest BCUT2D eigenvalue weighted by atomic mass is 10.4. The van der Waals surface area contributed by atoms with Gasteiger partial charge in [-0.15, -0.1) is 0 Å². The maximum Gasteiger partial charge on any atom is 0.356 e. The molecule has 0 aliphatic heterocycles. The smallest absolute Gasteiger partial charge is 0.356 e. The zero-order valence-corrected chi connectivity index (χ0v) is 8.96. The molecule has 6 nitrogen and oxygen atoms in total. The van der Waals surface area contributed by atoms with Gasteiger partial charge in [0.2, 0.25) is 5.91 Å². The molecule has 0 spiro atoms. The van der Waals surface area contributed by atoms with Crippen LogP contribution in [-0.2, 0) is 19.1 Å². The van der Waals surface area contributed by atoms with Crippen molar-refractivity contribution in [3.63, 3.8) is 0 Å². The number of ether oxygens (including phenoxy) is 2. The number of carbonyl (C=O) groups is 2. The van der Waals surface area contributed by atoms with E-state index in [1.54, 1.807) is 13.8 Å². The molecule has 0 radical (unpaired) electrons. The van der Waals surface area contributed by atoms with E-state index >= 15 is 0 Å². The Kier molecular flexibility index (Phi) is 5.92. The zero-order chi connectivity index (χ0) is 11.8. The molecular weight excluding hydrogens is 202 g/mol. The highest BCUT2D eigenvalue weighted by atomic mass is 16.6. The van der Waals surface area contributed by atoms with Gasteiger partial charge < -0.3 is 19.9 Å². The van der Waals surface area contributed by atoms with Gasteiger partial charge in [0.25, 0.3) is 0 Å². The topological polar surface area (TPSA) is 87.7 Å². The predicted octanol–water partition coefficient (Wildman–Crippen LogP) is -0.748. The van der Waals surface area contributed by atoms with Gasteiger partial charge in [0, 0.05) is 6.92 Å². The number of amides is 1. The van der Waals surface area contributed by atoms with Gasteiger partial charge >= 0.3 is 5.97 Å². The number of esters is 1. The van der Waals surface area contributed by atoms with E-state index in [9.17, 15) is 14.7 Å². The third-order valence-corrected chi connectivity index (χ3v) is 1.26. The van der Waals surface area contributed by atoms with E-state index in [1.807, 2.05) is 0 Å². The SMILES string of the molecule is CCOC(=O)/C(NC(C)=O)=C(/[O-])OCC. The summed E-state index contributed by atoms with van der Waals surface area (Å²) in [5, 5.41) is 13.3. The monoisotopic (exact) mass is 216 g/mol. The van der Waals surface area contributed by atoms with Crippen molar-refractivity contribution in [1.29, 1.82) is 0 Å². The van der Waals surface area contributed by atoms with Gasteiger partial charge in [0.05, 0.1) is 12.6 Å². The van der Waals surface area contributed by atoms with E-state index in [0.717, 1.165) is 0 Å². The number of nitrogens with one attached hydrogen (secondary N) is 1. The van der Waals surface area contributed by atoms with Crippen molar-refractivity contribution >= 4 is 11.9 Å². The minimum absolute atomic E-state index is 0.112. The summed E-state index contributed by atoms with van der Waals surface area (Å²) in [4.78, 5) is 21.9. The minimum Gasteiger partial charge on any atom is -0.612 e. The van der Waals surface area contributed by atoms with Crippen molar-refractivity contribution in [3.8, 4) is 0 Å². The van der Waals surface area contributed by atoms with Crippen molar-refractivity contribution in [3.05, 3.63) is 11.6 Å². The molecule has 0 rings (SSSR count). The molecule has 0 atom stereocenters. The van der Waals surface area contributed by atoms with Crippen LogP contribution in [0.15, 0.2) is 11.6 Å². The van der Waals surface area contributed by atoms with E-state index in [4.69, 9.17) is 0 Å². The molecule has 0 aromatic heterocycles. The maximum absolute atomic E-state index is 11.2. The van der Waals surface area contributed by atoms with Crippen LogP contribution in [0.4, 0.5) is 0 Å². The van der Waals surface area contributed by atoms with Gasteiger partial charge in [-0.3, -0.25) is 4.79 Å². The average molecular weight is 216 g/mol. The fourth-order valence-electron chi connectivity index (χ4n) is 0.768. The second-order valence-corrected chi connectivity index (χ2v) is 2.50. The minimum atomic E-state index is -0.897. The van der Waals surface area contributed by atoms with Gasteiger partial charge in [0.1, 0.15) is 5.70 Å². The Bertz CT molecular complexity index is 272. The van der Waals surface area contributed by atoms with Crippen molar-refractivity contribution in [2.24, 2.45) is 0 Å². The Labute approximate surface area is 87.9 Å². The lowest BCUT2D eigenvalue weighted by molar-refractivity contribution is -0.358. The number of rotatable bonds is 5. The molecule has 0 aliphatic carbocycles. The van der Waals surface area contributed by atoms with Crippen LogP contribution in [0.1, 0.15) is 20.8 Å². The van der Waals surface area contributed by atoms with Crippen LogP contribution in [0.5, 0.6) is 0 Å². The Morgan fingerprint density at radius 2 is 1.73 bits per heavy atom. The first-order valence-corrected chi connectivity index (χ1v) is 4.51. The van der Waals surface area contributed by atoms with Crippen LogP contribution >= 0.6 is 0 Å². The third-order valence-electron chi connectivity index (χ3n) is 1.26. The van der Waals surface area contributed by atoms with Crippen LogP contribution in [0.25, 0.3) is 0 Å². The van der Waals surface area contributed by atoms with Crippen molar-refractivity contribution in [2.75, 3.05) is 13.2 Å². The summed E-state index contributed by atoms with van der Waals surface area (Å²) in [5.74, 6) is -2.33. The molecule has 0 aromatic carbocycles. The number of carbonyl (C=O) groups excluding carboxylic acids is 2. The lowest BCUT2D eigenvalue weighted by Gasteiger charge is -2.17. The van der Waals surface area contributed by atoms with E-state index in [0.29, 0.717) is 0 Å². The molecule has 0 aliphatic rings. The Morgan fingerprint density at radius 3 is 2.13 bits per heavy atom. The fraction of sp³-hybridized carbons (Fsp3) is 0.556. The molecule has 6 heteroatoms. The highest BCUT2D eigenvalue weighted by molar-refractivity contribution is 5.93. The molecular formula is C9H14NO5-. The molecule has 1 amide bonds. The molecule has 15 heavy (non-hydrogen) atoms. The molecule has 0 unspecified atom stereocenters. The highest BCUT2D eigenvalue weighted by Gasteiger charge is 2.14. The van der Waals surface area contributed by atoms with E-state index in [2.05, 4.69) is 14.8 Å². The van der Waals surface area contributed by atoms with E-state index in [1.165, 1.54) is 6.92 Å². The first kappa shape index (κ1) is 13.3. The van der Waals surface area contributed by atoms with Gasteiger partial charge in [-0.05, 0) is 13.5 Å². The van der Waals surface area contributed by atoms with Crippen molar-refractivity contribution in [1.82, 2.24) is 5.32 Å². The van der Waals surface area contributed by atoms with Gasteiger partial charge in [0.15, 0.2) is 0 Å². The van der Waals surface area contributed by atoms with Gasteiger partial charge in [-0.2, -0.15) is 0 Å². The molecule has 0 fully saturated rings. The van der Waals surface area contributed by atoms with E-state index < -0.39 is 23.5 Å². The Morgan fingerprint density at radius 1 is 1.20 bits per heavy atom. The molecule has 1 N–H and O–H groups in total. The summed E-state index contributed by atoms with van der Waals surface area (Å²) >= 11 is 0.